The van der Waals surface area contributed by atoms with E-state index in [-0.39, 0.29) is 0 Å². The van der Waals surface area contributed by atoms with Crippen molar-refractivity contribution in [3.63, 3.8) is 0 Å². The van der Waals surface area contributed by atoms with E-state index in [9.17, 15) is 4.79 Å². The van der Waals surface area contributed by atoms with Crippen LogP contribution in [0.2, 0.25) is 0 Å². The molecule has 0 N–H and O–H groups in total. The molecule has 0 unspecified atom stereocenters. The van der Waals surface area contributed by atoms with Gasteiger partial charge in [0, 0.05) is 24.8 Å². The lowest BCUT2D eigenvalue weighted by Gasteiger charge is -2.23. The lowest BCUT2D eigenvalue weighted by Crippen LogP contribution is -2.35. The smallest absolute Gasteiger partial charge is 0.222 e. The molecule has 0 spiro atoms. The van der Waals surface area contributed by atoms with Gasteiger partial charge in [-0.15, -0.1) is 0 Å². The van der Waals surface area contributed by atoms with Gasteiger partial charge in [-0.1, -0.05) is 6.42 Å². The summed E-state index contributed by atoms with van der Waals surface area (Å²) in [5.74, 6) is 0.335. The number of thioether (sulfide) groups is 1. The van der Waals surface area contributed by atoms with Crippen LogP contribution in [0.3, 0.4) is 0 Å². The SMILES string of the molecule is CS[C@@H]1CCCCN(C(=O)CCc2ccsc2)C1. The van der Waals surface area contributed by atoms with Crippen LogP contribution in [-0.4, -0.2) is 35.4 Å². The number of rotatable bonds is 4. The number of carbonyl (C=O) groups excluding carboxylic acids is 1. The van der Waals surface area contributed by atoms with Crippen molar-refractivity contribution in [1.29, 1.82) is 0 Å². The Labute approximate surface area is 118 Å². The first-order valence-corrected chi connectivity index (χ1v) is 8.84. The number of amides is 1. The van der Waals surface area contributed by atoms with E-state index in [1.807, 2.05) is 11.8 Å². The molecule has 100 valence electrons. The molecule has 1 amide bonds. The summed E-state index contributed by atoms with van der Waals surface area (Å²) in [5, 5.41) is 4.85. The highest BCUT2D eigenvalue weighted by Crippen LogP contribution is 2.21. The van der Waals surface area contributed by atoms with Crippen LogP contribution in [0.25, 0.3) is 0 Å². The molecule has 0 radical (unpaired) electrons. The fraction of sp³-hybridized carbons (Fsp3) is 0.643. The Kier molecular flexibility index (Phi) is 5.57. The van der Waals surface area contributed by atoms with Gasteiger partial charge in [-0.05, 0) is 47.9 Å². The molecule has 1 fully saturated rings. The van der Waals surface area contributed by atoms with Crippen LogP contribution in [0.5, 0.6) is 0 Å². The van der Waals surface area contributed by atoms with Crippen LogP contribution in [-0.2, 0) is 11.2 Å². The third-order valence-electron chi connectivity index (χ3n) is 3.52. The van der Waals surface area contributed by atoms with Gasteiger partial charge >= 0.3 is 0 Å². The minimum Gasteiger partial charge on any atom is -0.342 e. The van der Waals surface area contributed by atoms with Gasteiger partial charge in [0.15, 0.2) is 0 Å². The van der Waals surface area contributed by atoms with Crippen LogP contribution in [0.4, 0.5) is 0 Å². The van der Waals surface area contributed by atoms with Crippen molar-refractivity contribution >= 4 is 29.0 Å². The summed E-state index contributed by atoms with van der Waals surface area (Å²) in [7, 11) is 0. The maximum Gasteiger partial charge on any atom is 0.222 e. The predicted molar refractivity (Wildman–Crippen MR) is 80.4 cm³/mol. The molecular formula is C14H21NOS2. The summed E-state index contributed by atoms with van der Waals surface area (Å²) in [6.07, 6.45) is 7.40. The number of hydrogen-bond acceptors (Lipinski definition) is 3. The molecule has 2 nitrogen and oxygen atoms in total. The topological polar surface area (TPSA) is 20.3 Å². The monoisotopic (exact) mass is 283 g/mol. The highest BCUT2D eigenvalue weighted by atomic mass is 32.2. The van der Waals surface area contributed by atoms with Gasteiger partial charge in [0.25, 0.3) is 0 Å². The van der Waals surface area contributed by atoms with Gasteiger partial charge in [0.05, 0.1) is 0 Å². The molecule has 1 saturated heterocycles. The average molecular weight is 283 g/mol. The summed E-state index contributed by atoms with van der Waals surface area (Å²) in [6.45, 7) is 1.91. The van der Waals surface area contributed by atoms with Gasteiger partial charge in [0.2, 0.25) is 5.91 Å². The van der Waals surface area contributed by atoms with Gasteiger partial charge in [-0.25, -0.2) is 0 Å². The van der Waals surface area contributed by atoms with Crippen LogP contribution in [0, 0.1) is 0 Å². The molecule has 1 aromatic heterocycles. The summed E-state index contributed by atoms with van der Waals surface area (Å²) in [6, 6.07) is 2.12. The second-order valence-corrected chi connectivity index (χ2v) is 6.74. The lowest BCUT2D eigenvalue weighted by molar-refractivity contribution is -0.131. The number of carbonyl (C=O) groups is 1. The second kappa shape index (κ2) is 7.19. The Morgan fingerprint density at radius 2 is 2.44 bits per heavy atom. The van der Waals surface area contributed by atoms with Gasteiger partial charge in [0.1, 0.15) is 0 Å². The van der Waals surface area contributed by atoms with Gasteiger partial charge in [-0.3, -0.25) is 4.79 Å². The molecule has 4 heteroatoms. The highest BCUT2D eigenvalue weighted by Gasteiger charge is 2.20. The number of thiophene rings is 1. The number of aryl methyl sites for hydroxylation is 1. The molecule has 0 aliphatic carbocycles. The standard InChI is InChI=1S/C14H21NOS2/c1-17-13-4-2-3-8-15(10-13)14(16)6-5-12-7-9-18-11-12/h7,9,11,13H,2-6,8,10H2,1H3/t13-/m1/s1. The lowest BCUT2D eigenvalue weighted by atomic mass is 10.2. The van der Waals surface area contributed by atoms with E-state index in [2.05, 4.69) is 28.0 Å². The molecule has 1 aromatic rings. The van der Waals surface area contributed by atoms with E-state index in [4.69, 9.17) is 0 Å². The van der Waals surface area contributed by atoms with Crippen molar-refractivity contribution < 1.29 is 4.79 Å². The summed E-state index contributed by atoms with van der Waals surface area (Å²) >= 11 is 3.61. The van der Waals surface area contributed by atoms with Crippen molar-refractivity contribution in [1.82, 2.24) is 4.90 Å². The zero-order valence-corrected chi connectivity index (χ0v) is 12.6. The second-order valence-electron chi connectivity index (χ2n) is 4.82. The zero-order chi connectivity index (χ0) is 12.8. The number of nitrogens with zero attached hydrogens (tertiary/aromatic N) is 1. The third-order valence-corrected chi connectivity index (χ3v) is 5.31. The van der Waals surface area contributed by atoms with Crippen LogP contribution < -0.4 is 0 Å². The third kappa shape index (κ3) is 4.02. The van der Waals surface area contributed by atoms with E-state index < -0.39 is 0 Å². The summed E-state index contributed by atoms with van der Waals surface area (Å²) < 4.78 is 0. The Bertz CT molecular complexity index is 364. The van der Waals surface area contributed by atoms with E-state index in [0.717, 1.165) is 19.5 Å². The molecule has 0 bridgehead atoms. The molecule has 2 heterocycles. The quantitative estimate of drug-likeness (QED) is 0.844. The Balaban J connectivity index is 1.83. The normalized spacial score (nSPS) is 20.7. The minimum atomic E-state index is 0.335. The van der Waals surface area contributed by atoms with E-state index in [1.165, 1.54) is 24.8 Å². The Hall–Kier alpha value is -0.480. The largest absolute Gasteiger partial charge is 0.342 e. The summed E-state index contributed by atoms with van der Waals surface area (Å²) in [4.78, 5) is 14.3. The number of hydrogen-bond donors (Lipinski definition) is 0. The van der Waals surface area contributed by atoms with Crippen LogP contribution in [0.1, 0.15) is 31.2 Å². The molecule has 1 aliphatic rings. The maximum atomic E-state index is 12.2. The van der Waals surface area contributed by atoms with Crippen molar-refractivity contribution in [3.05, 3.63) is 22.4 Å². The van der Waals surface area contributed by atoms with Crippen LogP contribution >= 0.6 is 23.1 Å². The Morgan fingerprint density at radius 3 is 3.17 bits per heavy atom. The van der Waals surface area contributed by atoms with Crippen molar-refractivity contribution in [3.8, 4) is 0 Å². The van der Waals surface area contributed by atoms with E-state index >= 15 is 0 Å². The van der Waals surface area contributed by atoms with Crippen LogP contribution in [0.15, 0.2) is 16.8 Å². The maximum absolute atomic E-state index is 12.2. The fourth-order valence-electron chi connectivity index (χ4n) is 2.37. The van der Waals surface area contributed by atoms with Gasteiger partial charge in [-0.2, -0.15) is 23.1 Å². The molecule has 0 aromatic carbocycles. The first kappa shape index (κ1) is 13.9. The molecule has 0 saturated carbocycles. The van der Waals surface area contributed by atoms with Gasteiger partial charge < -0.3 is 4.90 Å². The highest BCUT2D eigenvalue weighted by molar-refractivity contribution is 7.99. The predicted octanol–water partition coefficient (Wildman–Crippen LogP) is 3.42. The molecule has 18 heavy (non-hydrogen) atoms. The summed E-state index contributed by atoms with van der Waals surface area (Å²) in [5.41, 5.74) is 1.30. The first-order chi connectivity index (χ1) is 8.79. The average Bonchev–Trinajstić information content (AvgIpc) is 2.79. The van der Waals surface area contributed by atoms with Crippen molar-refractivity contribution in [2.75, 3.05) is 19.3 Å². The molecular weight excluding hydrogens is 262 g/mol. The van der Waals surface area contributed by atoms with Crippen molar-refractivity contribution in [2.45, 2.75) is 37.4 Å². The first-order valence-electron chi connectivity index (χ1n) is 6.61. The number of likely N-dealkylation sites (tertiary alicyclic amines) is 1. The van der Waals surface area contributed by atoms with Crippen molar-refractivity contribution in [2.24, 2.45) is 0 Å². The molecule has 1 aliphatic heterocycles. The molecule has 2 rings (SSSR count). The van der Waals surface area contributed by atoms with E-state index in [1.54, 1.807) is 11.3 Å². The van der Waals surface area contributed by atoms with E-state index in [0.29, 0.717) is 17.6 Å². The minimum absolute atomic E-state index is 0.335. The fourth-order valence-corrected chi connectivity index (χ4v) is 3.80. The zero-order valence-electron chi connectivity index (χ0n) is 10.9. The Morgan fingerprint density at radius 1 is 1.56 bits per heavy atom. The molecule has 1 atom stereocenters.